The zero-order valence-electron chi connectivity index (χ0n) is 7.79. The average Bonchev–Trinajstić information content (AvgIpc) is 2.04. The highest BCUT2D eigenvalue weighted by molar-refractivity contribution is 14.1. The smallest absolute Gasteiger partial charge is 0.431 e. The van der Waals surface area contributed by atoms with Gasteiger partial charge in [0, 0.05) is 0 Å². The SMILES string of the molecule is C[C@H](I)OC(=O)OC1CCCCC1. The molecule has 0 N–H and O–H groups in total. The Labute approximate surface area is 92.3 Å². The van der Waals surface area contributed by atoms with Gasteiger partial charge < -0.3 is 9.47 Å². The van der Waals surface area contributed by atoms with E-state index < -0.39 is 6.16 Å². The van der Waals surface area contributed by atoms with Gasteiger partial charge in [-0.1, -0.05) is 6.42 Å². The molecule has 1 fully saturated rings. The van der Waals surface area contributed by atoms with Gasteiger partial charge in [-0.25, -0.2) is 4.79 Å². The monoisotopic (exact) mass is 298 g/mol. The molecule has 3 nitrogen and oxygen atoms in total. The van der Waals surface area contributed by atoms with Crippen LogP contribution >= 0.6 is 22.6 Å². The summed E-state index contributed by atoms with van der Waals surface area (Å²) in [4.78, 5) is 11.1. The first-order valence-corrected chi connectivity index (χ1v) is 5.94. The van der Waals surface area contributed by atoms with Crippen LogP contribution in [0.15, 0.2) is 0 Å². The predicted molar refractivity (Wildman–Crippen MR) is 57.9 cm³/mol. The Kier molecular flexibility index (Phi) is 4.83. The number of hydrogen-bond acceptors (Lipinski definition) is 3. The maximum atomic E-state index is 11.1. The van der Waals surface area contributed by atoms with Gasteiger partial charge in [0.1, 0.15) is 6.10 Å². The van der Waals surface area contributed by atoms with E-state index in [4.69, 9.17) is 9.47 Å². The lowest BCUT2D eigenvalue weighted by atomic mass is 9.98. The van der Waals surface area contributed by atoms with Crippen LogP contribution in [-0.4, -0.2) is 16.4 Å². The van der Waals surface area contributed by atoms with E-state index in [1.807, 2.05) is 29.5 Å². The molecule has 1 aliphatic rings. The van der Waals surface area contributed by atoms with Crippen LogP contribution in [0.25, 0.3) is 0 Å². The van der Waals surface area contributed by atoms with Crippen molar-refractivity contribution in [3.63, 3.8) is 0 Å². The molecule has 0 bridgehead atoms. The summed E-state index contributed by atoms with van der Waals surface area (Å²) in [5, 5.41) is 0. The molecule has 0 unspecified atom stereocenters. The van der Waals surface area contributed by atoms with Gasteiger partial charge in [0.25, 0.3) is 0 Å². The first-order valence-electron chi connectivity index (χ1n) is 4.70. The second-order valence-corrected chi connectivity index (χ2v) is 5.04. The van der Waals surface area contributed by atoms with E-state index in [2.05, 4.69) is 0 Å². The fraction of sp³-hybridized carbons (Fsp3) is 0.889. The summed E-state index contributed by atoms with van der Waals surface area (Å²) in [7, 11) is 0. The Hall–Kier alpha value is 0. The second kappa shape index (κ2) is 5.67. The Morgan fingerprint density at radius 1 is 1.38 bits per heavy atom. The minimum absolute atomic E-state index is 0.0939. The summed E-state index contributed by atoms with van der Waals surface area (Å²) in [5.41, 5.74) is 0. The summed E-state index contributed by atoms with van der Waals surface area (Å²) in [6.45, 7) is 1.81. The molecule has 0 radical (unpaired) electrons. The van der Waals surface area contributed by atoms with Crippen molar-refractivity contribution in [3.05, 3.63) is 0 Å². The lowest BCUT2D eigenvalue weighted by Gasteiger charge is -2.21. The van der Waals surface area contributed by atoms with E-state index in [9.17, 15) is 4.79 Å². The van der Waals surface area contributed by atoms with Crippen LogP contribution in [0.4, 0.5) is 4.79 Å². The Bertz CT molecular complexity index is 164. The molecule has 0 saturated heterocycles. The van der Waals surface area contributed by atoms with Crippen molar-refractivity contribution in [2.75, 3.05) is 0 Å². The summed E-state index contributed by atoms with van der Waals surface area (Å²) in [6.07, 6.45) is 5.15. The van der Waals surface area contributed by atoms with Crippen molar-refractivity contribution in [2.45, 2.75) is 49.2 Å². The van der Waals surface area contributed by atoms with E-state index in [1.54, 1.807) is 0 Å². The van der Waals surface area contributed by atoms with Crippen molar-refractivity contribution in [2.24, 2.45) is 0 Å². The lowest BCUT2D eigenvalue weighted by Crippen LogP contribution is -2.22. The van der Waals surface area contributed by atoms with Gasteiger partial charge in [-0.2, -0.15) is 0 Å². The largest absolute Gasteiger partial charge is 0.509 e. The summed E-state index contributed by atoms with van der Waals surface area (Å²) >= 11 is 2.03. The van der Waals surface area contributed by atoms with Crippen molar-refractivity contribution in [1.82, 2.24) is 0 Å². The first-order chi connectivity index (χ1) is 6.18. The van der Waals surface area contributed by atoms with E-state index >= 15 is 0 Å². The number of rotatable bonds is 2. The second-order valence-electron chi connectivity index (χ2n) is 3.29. The molecule has 0 aromatic heterocycles. The molecule has 0 heterocycles. The van der Waals surface area contributed by atoms with Crippen LogP contribution in [0.5, 0.6) is 0 Å². The Balaban J connectivity index is 2.18. The molecular weight excluding hydrogens is 283 g/mol. The van der Waals surface area contributed by atoms with E-state index in [1.165, 1.54) is 6.42 Å². The molecule has 1 atom stereocenters. The van der Waals surface area contributed by atoms with Crippen molar-refractivity contribution in [3.8, 4) is 0 Å². The molecule has 1 saturated carbocycles. The molecule has 0 aliphatic heterocycles. The molecule has 0 spiro atoms. The zero-order valence-corrected chi connectivity index (χ0v) is 9.95. The van der Waals surface area contributed by atoms with E-state index in [0.717, 1.165) is 25.7 Å². The van der Waals surface area contributed by atoms with Gasteiger partial charge >= 0.3 is 6.16 Å². The third kappa shape index (κ3) is 4.69. The van der Waals surface area contributed by atoms with Gasteiger partial charge in [0.05, 0.1) is 0 Å². The minimum atomic E-state index is -0.520. The average molecular weight is 298 g/mol. The molecule has 0 aromatic rings. The van der Waals surface area contributed by atoms with Crippen LogP contribution < -0.4 is 0 Å². The van der Waals surface area contributed by atoms with Crippen molar-refractivity contribution >= 4 is 28.7 Å². The lowest BCUT2D eigenvalue weighted by molar-refractivity contribution is 0.0109. The Morgan fingerprint density at radius 2 is 2.00 bits per heavy atom. The third-order valence-corrected chi connectivity index (χ3v) is 2.33. The van der Waals surface area contributed by atoms with Crippen LogP contribution in [0, 0.1) is 0 Å². The fourth-order valence-corrected chi connectivity index (χ4v) is 1.69. The summed E-state index contributed by atoms with van der Waals surface area (Å²) in [6, 6.07) is 0. The highest BCUT2D eigenvalue weighted by atomic mass is 127. The molecule has 0 aromatic carbocycles. The van der Waals surface area contributed by atoms with Crippen LogP contribution in [0.3, 0.4) is 0 Å². The topological polar surface area (TPSA) is 35.5 Å². The molecule has 13 heavy (non-hydrogen) atoms. The van der Waals surface area contributed by atoms with Gasteiger partial charge in [0.15, 0.2) is 4.11 Å². The number of halogens is 1. The summed E-state index contributed by atoms with van der Waals surface area (Å²) in [5.74, 6) is 0. The number of hydrogen-bond donors (Lipinski definition) is 0. The molecule has 1 rings (SSSR count). The number of ether oxygens (including phenoxy) is 2. The third-order valence-electron chi connectivity index (χ3n) is 2.07. The quantitative estimate of drug-likeness (QED) is 0.446. The molecule has 4 heteroatoms. The highest BCUT2D eigenvalue weighted by Crippen LogP contribution is 2.21. The van der Waals surface area contributed by atoms with Gasteiger partial charge in [-0.15, -0.1) is 0 Å². The van der Waals surface area contributed by atoms with Crippen molar-refractivity contribution < 1.29 is 14.3 Å². The van der Waals surface area contributed by atoms with E-state index in [-0.39, 0.29) is 10.2 Å². The van der Waals surface area contributed by atoms with Crippen LogP contribution in [0.1, 0.15) is 39.0 Å². The van der Waals surface area contributed by atoms with Crippen molar-refractivity contribution in [1.29, 1.82) is 0 Å². The molecule has 1 aliphatic carbocycles. The maximum Gasteiger partial charge on any atom is 0.509 e. The summed E-state index contributed by atoms with van der Waals surface area (Å²) < 4.78 is 9.90. The molecule has 76 valence electrons. The Morgan fingerprint density at radius 3 is 2.54 bits per heavy atom. The number of carbonyl (C=O) groups is 1. The first kappa shape index (κ1) is 11.1. The minimum Gasteiger partial charge on any atom is -0.431 e. The zero-order chi connectivity index (χ0) is 9.68. The molecule has 0 amide bonds. The molecular formula is C9H15IO3. The normalized spacial score (nSPS) is 20.8. The standard InChI is InChI=1S/C9H15IO3/c1-7(10)12-9(11)13-8-5-3-2-4-6-8/h7-8H,2-6H2,1H3/t7-/m1/s1. The number of carbonyl (C=O) groups excluding carboxylic acids is 1. The predicted octanol–water partition coefficient (Wildman–Crippen LogP) is 3.25. The van der Waals surface area contributed by atoms with Gasteiger partial charge in [-0.3, -0.25) is 0 Å². The van der Waals surface area contributed by atoms with E-state index in [0.29, 0.717) is 0 Å². The van der Waals surface area contributed by atoms with Gasteiger partial charge in [0.2, 0.25) is 0 Å². The van der Waals surface area contributed by atoms with Crippen LogP contribution in [0.2, 0.25) is 0 Å². The van der Waals surface area contributed by atoms with Crippen LogP contribution in [-0.2, 0) is 9.47 Å². The fourth-order valence-electron chi connectivity index (χ4n) is 1.48. The highest BCUT2D eigenvalue weighted by Gasteiger charge is 2.19. The number of alkyl halides is 1. The maximum absolute atomic E-state index is 11.1. The van der Waals surface area contributed by atoms with Gasteiger partial charge in [-0.05, 0) is 55.2 Å².